The Bertz CT molecular complexity index is 805. The number of rotatable bonds is 2. The molecule has 3 N–H and O–H groups in total. The van der Waals surface area contributed by atoms with Crippen molar-refractivity contribution in [1.29, 1.82) is 0 Å². The first kappa shape index (κ1) is 12.1. The van der Waals surface area contributed by atoms with Gasteiger partial charge in [0.15, 0.2) is 5.65 Å². The number of H-pyrrole nitrogens is 2. The van der Waals surface area contributed by atoms with Gasteiger partial charge in [-0.3, -0.25) is 15.0 Å². The zero-order chi connectivity index (χ0) is 14.2. The average Bonchev–Trinajstić information content (AvgIpc) is 3.14. The second-order valence-corrected chi connectivity index (χ2v) is 5.22. The van der Waals surface area contributed by atoms with E-state index in [9.17, 15) is 4.79 Å². The molecule has 1 atom stereocenters. The van der Waals surface area contributed by atoms with Crippen molar-refractivity contribution in [3.8, 4) is 0 Å². The topological polar surface area (TPSA) is 99.3 Å². The highest BCUT2D eigenvalue weighted by atomic mass is 16.2. The van der Waals surface area contributed by atoms with Gasteiger partial charge in [0.2, 0.25) is 5.91 Å². The molecule has 7 nitrogen and oxygen atoms in total. The Balaban J connectivity index is 1.62. The van der Waals surface area contributed by atoms with Gasteiger partial charge in [0.25, 0.3) is 0 Å². The number of hydrogen-bond donors (Lipinski definition) is 3. The van der Waals surface area contributed by atoms with Crippen molar-refractivity contribution in [1.82, 2.24) is 25.4 Å². The summed E-state index contributed by atoms with van der Waals surface area (Å²) in [5.41, 5.74) is 2.66. The molecule has 3 aromatic rings. The third-order valence-electron chi connectivity index (χ3n) is 3.93. The first-order valence-electron chi connectivity index (χ1n) is 6.95. The molecule has 1 unspecified atom stereocenters. The number of fused-ring (bicyclic) bond motifs is 2. The van der Waals surface area contributed by atoms with E-state index in [0.717, 1.165) is 35.9 Å². The molecule has 106 valence electrons. The third kappa shape index (κ3) is 1.97. The van der Waals surface area contributed by atoms with Crippen LogP contribution in [0.5, 0.6) is 0 Å². The minimum absolute atomic E-state index is 0.0467. The number of carbonyl (C=O) groups is 1. The van der Waals surface area contributed by atoms with Crippen LogP contribution in [0, 0.1) is 0 Å². The van der Waals surface area contributed by atoms with E-state index in [0.29, 0.717) is 11.5 Å². The molecule has 0 aliphatic heterocycles. The molecule has 0 spiro atoms. The SMILES string of the molecule is O=C(Nc1[nH]nc2ncccc12)C1CCCc2cn[nH]c21. The summed E-state index contributed by atoms with van der Waals surface area (Å²) in [6.07, 6.45) is 6.28. The summed E-state index contributed by atoms with van der Waals surface area (Å²) in [4.78, 5) is 16.7. The number of anilines is 1. The van der Waals surface area contributed by atoms with Crippen LogP contribution in [0.15, 0.2) is 24.5 Å². The van der Waals surface area contributed by atoms with Gasteiger partial charge in [0, 0.05) is 6.20 Å². The smallest absolute Gasteiger partial charge is 0.234 e. The Morgan fingerprint density at radius 3 is 3.29 bits per heavy atom. The first-order chi connectivity index (χ1) is 10.3. The van der Waals surface area contributed by atoms with E-state index >= 15 is 0 Å². The van der Waals surface area contributed by atoms with E-state index in [1.54, 1.807) is 6.20 Å². The number of aromatic amines is 2. The van der Waals surface area contributed by atoms with Gasteiger partial charge in [0.1, 0.15) is 5.82 Å². The third-order valence-corrected chi connectivity index (χ3v) is 3.93. The fourth-order valence-corrected chi connectivity index (χ4v) is 2.88. The molecule has 21 heavy (non-hydrogen) atoms. The molecule has 0 fully saturated rings. The highest BCUT2D eigenvalue weighted by molar-refractivity contribution is 6.01. The summed E-state index contributed by atoms with van der Waals surface area (Å²) >= 11 is 0. The fraction of sp³-hybridized carbons (Fsp3) is 0.286. The van der Waals surface area contributed by atoms with Crippen molar-refractivity contribution in [2.45, 2.75) is 25.2 Å². The van der Waals surface area contributed by atoms with Crippen LogP contribution in [0.1, 0.15) is 30.0 Å². The summed E-state index contributed by atoms with van der Waals surface area (Å²) < 4.78 is 0. The Labute approximate surface area is 120 Å². The summed E-state index contributed by atoms with van der Waals surface area (Å²) in [7, 11) is 0. The minimum atomic E-state index is -0.189. The lowest BCUT2D eigenvalue weighted by Gasteiger charge is -2.20. The van der Waals surface area contributed by atoms with Crippen LogP contribution in [-0.4, -0.2) is 31.3 Å². The quantitative estimate of drug-likeness (QED) is 0.666. The standard InChI is InChI=1S/C14H14N6O/c21-14(9-4-1-3-8-7-16-18-11(8)9)17-13-10-5-2-6-15-12(10)19-20-13/h2,5-7,9H,1,3-4H2,(H,16,18)(H2,15,17,19,20,21). The molecule has 3 aromatic heterocycles. The summed E-state index contributed by atoms with van der Waals surface area (Å²) in [5.74, 6) is 0.357. The maximum Gasteiger partial charge on any atom is 0.234 e. The normalized spacial score (nSPS) is 17.6. The van der Waals surface area contributed by atoms with Gasteiger partial charge in [-0.2, -0.15) is 10.2 Å². The monoisotopic (exact) mass is 282 g/mol. The molecule has 0 saturated carbocycles. The number of aromatic nitrogens is 5. The van der Waals surface area contributed by atoms with Gasteiger partial charge >= 0.3 is 0 Å². The van der Waals surface area contributed by atoms with Crippen LogP contribution in [0.2, 0.25) is 0 Å². The molecule has 0 saturated heterocycles. The predicted molar refractivity (Wildman–Crippen MR) is 76.8 cm³/mol. The molecule has 7 heteroatoms. The van der Waals surface area contributed by atoms with Gasteiger partial charge < -0.3 is 5.32 Å². The fourth-order valence-electron chi connectivity index (χ4n) is 2.88. The van der Waals surface area contributed by atoms with E-state index in [2.05, 4.69) is 30.7 Å². The maximum absolute atomic E-state index is 12.5. The highest BCUT2D eigenvalue weighted by Gasteiger charge is 2.28. The molecule has 1 aliphatic rings. The van der Waals surface area contributed by atoms with Gasteiger partial charge in [-0.25, -0.2) is 4.98 Å². The predicted octanol–water partition coefficient (Wildman–Crippen LogP) is 1.74. The Hall–Kier alpha value is -2.70. The Morgan fingerprint density at radius 2 is 2.33 bits per heavy atom. The second kappa shape index (κ2) is 4.69. The van der Waals surface area contributed by atoms with Crippen LogP contribution in [-0.2, 0) is 11.2 Å². The van der Waals surface area contributed by atoms with Gasteiger partial charge in [-0.15, -0.1) is 0 Å². The van der Waals surface area contributed by atoms with Crippen LogP contribution >= 0.6 is 0 Å². The van der Waals surface area contributed by atoms with Crippen LogP contribution in [0.3, 0.4) is 0 Å². The lowest BCUT2D eigenvalue weighted by atomic mass is 9.87. The van der Waals surface area contributed by atoms with Gasteiger partial charge in [0.05, 0.1) is 23.2 Å². The van der Waals surface area contributed by atoms with Crippen LogP contribution in [0.4, 0.5) is 5.82 Å². The zero-order valence-electron chi connectivity index (χ0n) is 11.3. The number of aryl methyl sites for hydroxylation is 1. The van der Waals surface area contributed by atoms with Crippen molar-refractivity contribution in [2.24, 2.45) is 0 Å². The number of carbonyl (C=O) groups excluding carboxylic acids is 1. The van der Waals surface area contributed by atoms with Crippen LogP contribution < -0.4 is 5.32 Å². The molecular formula is C14H14N6O. The first-order valence-corrected chi connectivity index (χ1v) is 6.95. The molecule has 0 radical (unpaired) electrons. The number of nitrogens with one attached hydrogen (secondary N) is 3. The molecule has 3 heterocycles. The highest BCUT2D eigenvalue weighted by Crippen LogP contribution is 2.31. The summed E-state index contributed by atoms with van der Waals surface area (Å²) in [5, 5.41) is 17.6. The van der Waals surface area contributed by atoms with Crippen LogP contribution in [0.25, 0.3) is 11.0 Å². The molecule has 0 bridgehead atoms. The van der Waals surface area contributed by atoms with Crippen molar-refractivity contribution in [2.75, 3.05) is 5.32 Å². The molecular weight excluding hydrogens is 268 g/mol. The van der Waals surface area contributed by atoms with Crippen molar-refractivity contribution in [3.05, 3.63) is 35.8 Å². The number of pyridine rings is 1. The van der Waals surface area contributed by atoms with Gasteiger partial charge in [-0.1, -0.05) is 0 Å². The van der Waals surface area contributed by atoms with Crippen molar-refractivity contribution >= 4 is 22.8 Å². The van der Waals surface area contributed by atoms with E-state index in [4.69, 9.17) is 0 Å². The minimum Gasteiger partial charge on any atom is -0.310 e. The summed E-state index contributed by atoms with van der Waals surface area (Å²) in [6, 6.07) is 3.70. The van der Waals surface area contributed by atoms with E-state index < -0.39 is 0 Å². The second-order valence-electron chi connectivity index (χ2n) is 5.22. The Kier molecular flexibility index (Phi) is 2.70. The molecule has 0 aromatic carbocycles. The molecule has 1 aliphatic carbocycles. The number of hydrogen-bond acceptors (Lipinski definition) is 4. The van der Waals surface area contributed by atoms with Gasteiger partial charge in [-0.05, 0) is 37.0 Å². The molecule has 4 rings (SSSR count). The van der Waals surface area contributed by atoms with Crippen molar-refractivity contribution < 1.29 is 4.79 Å². The lowest BCUT2D eigenvalue weighted by molar-refractivity contribution is -0.118. The maximum atomic E-state index is 12.5. The summed E-state index contributed by atoms with van der Waals surface area (Å²) in [6.45, 7) is 0. The largest absolute Gasteiger partial charge is 0.310 e. The van der Waals surface area contributed by atoms with Crippen molar-refractivity contribution in [3.63, 3.8) is 0 Å². The zero-order valence-corrected chi connectivity index (χ0v) is 11.3. The average molecular weight is 282 g/mol. The van der Waals surface area contributed by atoms with E-state index in [1.165, 1.54) is 0 Å². The lowest BCUT2D eigenvalue weighted by Crippen LogP contribution is -2.25. The van der Waals surface area contributed by atoms with E-state index in [1.807, 2.05) is 18.3 Å². The van der Waals surface area contributed by atoms with E-state index in [-0.39, 0.29) is 11.8 Å². The Morgan fingerprint density at radius 1 is 1.38 bits per heavy atom. The number of nitrogens with zero attached hydrogens (tertiary/aromatic N) is 3. The molecule has 1 amide bonds. The number of amides is 1.